The number of benzene rings is 2. The van der Waals surface area contributed by atoms with E-state index in [0.29, 0.717) is 4.90 Å². The van der Waals surface area contributed by atoms with Crippen molar-refractivity contribution in [2.24, 2.45) is 0 Å². The molecule has 0 aliphatic carbocycles. The summed E-state index contributed by atoms with van der Waals surface area (Å²) in [5.74, 6) is -2.24. The summed E-state index contributed by atoms with van der Waals surface area (Å²) in [5.41, 5.74) is 0.920. The molecule has 0 aromatic heterocycles. The van der Waals surface area contributed by atoms with E-state index >= 15 is 0 Å². The molecule has 19 heavy (non-hydrogen) atoms. The predicted octanol–water partition coefficient (Wildman–Crippen LogP) is 4.12. The first-order valence-corrected chi connectivity index (χ1v) is 6.26. The van der Waals surface area contributed by atoms with Crippen molar-refractivity contribution in [3.8, 4) is 0 Å². The van der Waals surface area contributed by atoms with E-state index in [1.165, 1.54) is 6.07 Å². The first kappa shape index (κ1) is 13.5. The van der Waals surface area contributed by atoms with Gasteiger partial charge < -0.3 is 5.11 Å². The molecule has 5 heteroatoms. The fourth-order valence-electron chi connectivity index (χ4n) is 1.56. The fourth-order valence-corrected chi connectivity index (χ4v) is 2.65. The number of aryl methyl sites for hydroxylation is 1. The lowest BCUT2D eigenvalue weighted by molar-refractivity contribution is 0.0693. The molecular weight excluding hydrogens is 270 g/mol. The van der Waals surface area contributed by atoms with Crippen LogP contribution < -0.4 is 0 Å². The largest absolute Gasteiger partial charge is 0.478 e. The summed E-state index contributed by atoms with van der Waals surface area (Å²) in [5, 5.41) is 9.08. The minimum atomic E-state index is -1.10. The average Bonchev–Trinajstić information content (AvgIpc) is 2.33. The van der Waals surface area contributed by atoms with Gasteiger partial charge in [0.25, 0.3) is 0 Å². The van der Waals surface area contributed by atoms with Crippen LogP contribution in [0.3, 0.4) is 0 Å². The molecule has 0 unspecified atom stereocenters. The molecule has 0 spiro atoms. The molecule has 0 heterocycles. The third kappa shape index (κ3) is 3.12. The van der Waals surface area contributed by atoms with E-state index in [1.807, 2.05) is 0 Å². The van der Waals surface area contributed by atoms with Crippen LogP contribution in [0.15, 0.2) is 46.2 Å². The number of hydrogen-bond donors (Lipinski definition) is 1. The molecule has 2 nitrogen and oxygen atoms in total. The molecule has 0 saturated heterocycles. The highest BCUT2D eigenvalue weighted by Crippen LogP contribution is 2.33. The molecule has 0 amide bonds. The van der Waals surface area contributed by atoms with Gasteiger partial charge in [-0.2, -0.15) is 0 Å². The Bertz CT molecular complexity index is 641. The van der Waals surface area contributed by atoms with E-state index < -0.39 is 17.6 Å². The smallest absolute Gasteiger partial charge is 0.336 e. The van der Waals surface area contributed by atoms with E-state index in [1.54, 1.807) is 19.1 Å². The monoisotopic (exact) mass is 280 g/mol. The molecule has 0 fully saturated rings. The van der Waals surface area contributed by atoms with Crippen molar-refractivity contribution in [2.45, 2.75) is 16.7 Å². The van der Waals surface area contributed by atoms with Crippen LogP contribution in [0.1, 0.15) is 15.9 Å². The van der Waals surface area contributed by atoms with Crippen molar-refractivity contribution in [3.63, 3.8) is 0 Å². The number of carbonyl (C=O) groups is 1. The Kier molecular flexibility index (Phi) is 3.85. The summed E-state index contributed by atoms with van der Waals surface area (Å²) < 4.78 is 26.6. The molecule has 2 rings (SSSR count). The summed E-state index contributed by atoms with van der Waals surface area (Å²) in [7, 11) is 0. The zero-order valence-corrected chi connectivity index (χ0v) is 10.8. The summed E-state index contributed by atoms with van der Waals surface area (Å²) >= 11 is 0.902. The van der Waals surface area contributed by atoms with Crippen molar-refractivity contribution >= 4 is 17.7 Å². The lowest BCUT2D eigenvalue weighted by Crippen LogP contribution is -1.99. The van der Waals surface area contributed by atoms with Gasteiger partial charge in [-0.25, -0.2) is 13.6 Å². The maximum absolute atomic E-state index is 13.6. The van der Waals surface area contributed by atoms with Crippen LogP contribution in [0.25, 0.3) is 0 Å². The van der Waals surface area contributed by atoms with E-state index in [9.17, 15) is 13.6 Å². The van der Waals surface area contributed by atoms with Crippen molar-refractivity contribution in [2.75, 3.05) is 0 Å². The molecule has 0 saturated carbocycles. The molecule has 0 atom stereocenters. The minimum absolute atomic E-state index is 0.0631. The first-order chi connectivity index (χ1) is 8.97. The van der Waals surface area contributed by atoms with Crippen LogP contribution in [0, 0.1) is 18.6 Å². The molecule has 1 N–H and O–H groups in total. The molecular formula is C14H10F2O2S. The highest BCUT2D eigenvalue weighted by molar-refractivity contribution is 7.99. The van der Waals surface area contributed by atoms with Gasteiger partial charge in [0, 0.05) is 4.90 Å². The average molecular weight is 280 g/mol. The standard InChI is InChI=1S/C14H10F2O2S/c1-8-2-4-10(14(17)18)12(6-8)19-13-7-9(15)3-5-11(13)16/h2-7H,1H3,(H,17,18). The van der Waals surface area contributed by atoms with Crippen LogP contribution >= 0.6 is 11.8 Å². The number of hydrogen-bond acceptors (Lipinski definition) is 2. The maximum Gasteiger partial charge on any atom is 0.336 e. The van der Waals surface area contributed by atoms with E-state index in [4.69, 9.17) is 5.11 Å². The zero-order valence-electron chi connectivity index (χ0n) is 9.98. The highest BCUT2D eigenvalue weighted by atomic mass is 32.2. The normalized spacial score (nSPS) is 10.5. The molecule has 0 radical (unpaired) electrons. The van der Waals surface area contributed by atoms with Gasteiger partial charge in [-0.15, -0.1) is 0 Å². The third-order valence-corrected chi connectivity index (χ3v) is 3.57. The van der Waals surface area contributed by atoms with E-state index in [2.05, 4.69) is 0 Å². The molecule has 2 aromatic rings. The second-order valence-corrected chi connectivity index (χ2v) is 5.07. The van der Waals surface area contributed by atoms with Gasteiger partial charge >= 0.3 is 5.97 Å². The summed E-state index contributed by atoms with van der Waals surface area (Å²) in [6.45, 7) is 1.80. The Morgan fingerprint density at radius 3 is 2.53 bits per heavy atom. The number of aromatic carboxylic acids is 1. The van der Waals surface area contributed by atoms with Crippen LogP contribution in [0.2, 0.25) is 0 Å². The summed E-state index contributed by atoms with van der Waals surface area (Å²) in [6, 6.07) is 7.85. The van der Waals surface area contributed by atoms with Gasteiger partial charge in [0.2, 0.25) is 0 Å². The van der Waals surface area contributed by atoms with Crippen LogP contribution in [-0.4, -0.2) is 11.1 Å². The van der Waals surface area contributed by atoms with Gasteiger partial charge in [0.1, 0.15) is 11.6 Å². The fraction of sp³-hybridized carbons (Fsp3) is 0.0714. The van der Waals surface area contributed by atoms with Crippen molar-refractivity contribution < 1.29 is 18.7 Å². The topological polar surface area (TPSA) is 37.3 Å². The second-order valence-electron chi connectivity index (χ2n) is 3.98. The summed E-state index contributed by atoms with van der Waals surface area (Å²) in [4.78, 5) is 11.5. The highest BCUT2D eigenvalue weighted by Gasteiger charge is 2.13. The number of rotatable bonds is 3. The van der Waals surface area contributed by atoms with Crippen LogP contribution in [-0.2, 0) is 0 Å². The Morgan fingerprint density at radius 2 is 1.84 bits per heavy atom. The van der Waals surface area contributed by atoms with Gasteiger partial charge in [0.15, 0.2) is 0 Å². The SMILES string of the molecule is Cc1ccc(C(=O)O)c(Sc2cc(F)ccc2F)c1. The van der Waals surface area contributed by atoms with E-state index in [0.717, 1.165) is 35.5 Å². The number of carboxylic acids is 1. The lowest BCUT2D eigenvalue weighted by atomic mass is 10.1. The Morgan fingerprint density at radius 1 is 1.11 bits per heavy atom. The maximum atomic E-state index is 13.6. The number of halogens is 2. The van der Waals surface area contributed by atoms with Crippen molar-refractivity contribution in [1.82, 2.24) is 0 Å². The van der Waals surface area contributed by atoms with Crippen molar-refractivity contribution in [3.05, 3.63) is 59.2 Å². The van der Waals surface area contributed by atoms with Gasteiger partial charge in [-0.05, 0) is 42.8 Å². The zero-order chi connectivity index (χ0) is 14.0. The Balaban J connectivity index is 2.45. The molecule has 0 aliphatic rings. The van der Waals surface area contributed by atoms with E-state index in [-0.39, 0.29) is 10.5 Å². The van der Waals surface area contributed by atoms with Gasteiger partial charge in [-0.1, -0.05) is 17.8 Å². The molecule has 0 bridgehead atoms. The number of carboxylic acid groups (broad SMARTS) is 1. The third-order valence-electron chi connectivity index (χ3n) is 2.48. The Hall–Kier alpha value is -1.88. The molecule has 98 valence electrons. The molecule has 2 aromatic carbocycles. The van der Waals surface area contributed by atoms with Gasteiger partial charge in [0.05, 0.1) is 10.5 Å². The van der Waals surface area contributed by atoms with Crippen molar-refractivity contribution in [1.29, 1.82) is 0 Å². The Labute approximate surface area is 113 Å². The lowest BCUT2D eigenvalue weighted by Gasteiger charge is -2.08. The molecule has 0 aliphatic heterocycles. The summed E-state index contributed by atoms with van der Waals surface area (Å²) in [6.07, 6.45) is 0. The minimum Gasteiger partial charge on any atom is -0.478 e. The second kappa shape index (κ2) is 5.40. The van der Waals surface area contributed by atoms with Crippen LogP contribution in [0.5, 0.6) is 0 Å². The predicted molar refractivity (Wildman–Crippen MR) is 68.6 cm³/mol. The van der Waals surface area contributed by atoms with Crippen LogP contribution in [0.4, 0.5) is 8.78 Å². The van der Waals surface area contributed by atoms with Gasteiger partial charge in [-0.3, -0.25) is 0 Å². The quantitative estimate of drug-likeness (QED) is 0.918. The first-order valence-electron chi connectivity index (χ1n) is 5.44.